The van der Waals surface area contributed by atoms with Crippen LogP contribution < -0.4 is 11.1 Å². The van der Waals surface area contributed by atoms with Gasteiger partial charge in [0.2, 0.25) is 5.91 Å². The quantitative estimate of drug-likeness (QED) is 0.758. The average Bonchev–Trinajstić information content (AvgIpc) is 2.45. The lowest BCUT2D eigenvalue weighted by Crippen LogP contribution is -2.42. The molecule has 128 valence electrons. The van der Waals surface area contributed by atoms with Crippen LogP contribution in [0.4, 0.5) is 0 Å². The molecule has 0 fully saturated rings. The van der Waals surface area contributed by atoms with E-state index in [0.717, 1.165) is 25.2 Å². The molecule has 1 aromatic carbocycles. The number of rotatable bonds is 8. The standard InChI is InChI=1S/C16H27N3O.2ClH/c1-4-19(5-2)12-13(3)18-16(20)11-15(17)14-9-7-6-8-10-14;;/h6-10,13,15H,4-5,11-12,17H2,1-3H3,(H,18,20);2*1H. The second kappa shape index (κ2) is 12.7. The summed E-state index contributed by atoms with van der Waals surface area (Å²) in [6, 6.07) is 9.64. The summed E-state index contributed by atoms with van der Waals surface area (Å²) in [6.45, 7) is 9.16. The van der Waals surface area contributed by atoms with Crippen LogP contribution in [0.3, 0.4) is 0 Å². The summed E-state index contributed by atoms with van der Waals surface area (Å²) in [7, 11) is 0. The highest BCUT2D eigenvalue weighted by Crippen LogP contribution is 2.12. The van der Waals surface area contributed by atoms with Crippen LogP contribution in [0.25, 0.3) is 0 Å². The zero-order valence-electron chi connectivity index (χ0n) is 13.6. The number of nitrogens with zero attached hydrogens (tertiary/aromatic N) is 1. The Morgan fingerprint density at radius 2 is 1.73 bits per heavy atom. The molecule has 0 spiro atoms. The summed E-state index contributed by atoms with van der Waals surface area (Å²) in [6.07, 6.45) is 0.326. The van der Waals surface area contributed by atoms with E-state index in [-0.39, 0.29) is 42.8 Å². The van der Waals surface area contributed by atoms with E-state index in [1.54, 1.807) is 0 Å². The Hall–Kier alpha value is -0.810. The zero-order chi connectivity index (χ0) is 15.0. The van der Waals surface area contributed by atoms with Crippen LogP contribution in [0.15, 0.2) is 30.3 Å². The van der Waals surface area contributed by atoms with Crippen molar-refractivity contribution in [2.24, 2.45) is 5.73 Å². The molecule has 0 radical (unpaired) electrons. The van der Waals surface area contributed by atoms with Gasteiger partial charge in [0.15, 0.2) is 0 Å². The van der Waals surface area contributed by atoms with Gasteiger partial charge in [-0.25, -0.2) is 0 Å². The number of carbonyl (C=O) groups is 1. The van der Waals surface area contributed by atoms with Gasteiger partial charge in [-0.2, -0.15) is 0 Å². The third kappa shape index (κ3) is 8.59. The maximum atomic E-state index is 12.0. The van der Waals surface area contributed by atoms with Gasteiger partial charge >= 0.3 is 0 Å². The highest BCUT2D eigenvalue weighted by Gasteiger charge is 2.14. The van der Waals surface area contributed by atoms with E-state index >= 15 is 0 Å². The van der Waals surface area contributed by atoms with Crippen LogP contribution in [0.2, 0.25) is 0 Å². The minimum Gasteiger partial charge on any atom is -0.352 e. The Morgan fingerprint density at radius 1 is 1.18 bits per heavy atom. The molecular formula is C16H29Cl2N3O. The van der Waals surface area contributed by atoms with Crippen molar-refractivity contribution in [2.75, 3.05) is 19.6 Å². The molecule has 0 aliphatic rings. The lowest BCUT2D eigenvalue weighted by molar-refractivity contribution is -0.122. The van der Waals surface area contributed by atoms with Crippen molar-refractivity contribution in [1.29, 1.82) is 0 Å². The van der Waals surface area contributed by atoms with Crippen molar-refractivity contribution < 1.29 is 4.79 Å². The van der Waals surface area contributed by atoms with Gasteiger partial charge in [0, 0.05) is 25.0 Å². The van der Waals surface area contributed by atoms with E-state index in [4.69, 9.17) is 5.73 Å². The molecule has 2 unspecified atom stereocenters. The lowest BCUT2D eigenvalue weighted by atomic mass is 10.0. The van der Waals surface area contributed by atoms with E-state index in [0.29, 0.717) is 6.42 Å². The minimum absolute atomic E-state index is 0. The molecule has 0 bridgehead atoms. The van der Waals surface area contributed by atoms with Crippen LogP contribution in [-0.2, 0) is 4.79 Å². The molecule has 4 nitrogen and oxygen atoms in total. The summed E-state index contributed by atoms with van der Waals surface area (Å²) in [5.74, 6) is 0.0148. The van der Waals surface area contributed by atoms with Gasteiger partial charge in [0.25, 0.3) is 0 Å². The molecule has 0 aliphatic heterocycles. The van der Waals surface area contributed by atoms with Gasteiger partial charge in [-0.3, -0.25) is 4.79 Å². The van der Waals surface area contributed by atoms with Crippen molar-refractivity contribution in [3.8, 4) is 0 Å². The van der Waals surface area contributed by atoms with Gasteiger partial charge in [-0.1, -0.05) is 44.2 Å². The van der Waals surface area contributed by atoms with E-state index in [1.807, 2.05) is 37.3 Å². The van der Waals surface area contributed by atoms with Crippen LogP contribution in [0.1, 0.15) is 38.8 Å². The number of nitrogens with one attached hydrogen (secondary N) is 1. The average molecular weight is 350 g/mol. The van der Waals surface area contributed by atoms with Gasteiger partial charge < -0.3 is 16.0 Å². The maximum Gasteiger partial charge on any atom is 0.222 e. The number of nitrogens with two attached hydrogens (primary N) is 1. The largest absolute Gasteiger partial charge is 0.352 e. The molecule has 2 atom stereocenters. The summed E-state index contributed by atoms with van der Waals surface area (Å²) in [5, 5.41) is 3.02. The first-order valence-electron chi connectivity index (χ1n) is 7.39. The number of likely N-dealkylation sites (N-methyl/N-ethyl adjacent to an activating group) is 1. The predicted octanol–water partition coefficient (Wildman–Crippen LogP) is 2.77. The maximum absolute atomic E-state index is 12.0. The first-order chi connectivity index (χ1) is 9.56. The van der Waals surface area contributed by atoms with Crippen LogP contribution in [0, 0.1) is 0 Å². The predicted molar refractivity (Wildman–Crippen MR) is 97.9 cm³/mol. The second-order valence-electron chi connectivity index (χ2n) is 5.18. The fourth-order valence-corrected chi connectivity index (χ4v) is 2.27. The number of benzene rings is 1. The van der Waals surface area contributed by atoms with E-state index < -0.39 is 0 Å². The minimum atomic E-state index is -0.239. The van der Waals surface area contributed by atoms with Crippen molar-refractivity contribution in [2.45, 2.75) is 39.3 Å². The first kappa shape index (κ1) is 23.5. The van der Waals surface area contributed by atoms with Gasteiger partial charge in [-0.05, 0) is 25.6 Å². The topological polar surface area (TPSA) is 58.4 Å². The molecule has 1 aromatic rings. The van der Waals surface area contributed by atoms with Gasteiger partial charge in [0.05, 0.1) is 0 Å². The molecule has 0 aromatic heterocycles. The normalized spacial score (nSPS) is 12.8. The third-order valence-electron chi connectivity index (χ3n) is 3.47. The molecule has 0 saturated heterocycles. The molecule has 0 heterocycles. The lowest BCUT2D eigenvalue weighted by Gasteiger charge is -2.24. The molecule has 6 heteroatoms. The summed E-state index contributed by atoms with van der Waals surface area (Å²) >= 11 is 0. The second-order valence-corrected chi connectivity index (χ2v) is 5.18. The van der Waals surface area contributed by atoms with Gasteiger partial charge in [0.1, 0.15) is 0 Å². The number of amides is 1. The highest BCUT2D eigenvalue weighted by atomic mass is 35.5. The van der Waals surface area contributed by atoms with E-state index in [2.05, 4.69) is 24.1 Å². The van der Waals surface area contributed by atoms with Crippen LogP contribution in [0.5, 0.6) is 0 Å². The van der Waals surface area contributed by atoms with Crippen molar-refractivity contribution in [3.63, 3.8) is 0 Å². The fourth-order valence-electron chi connectivity index (χ4n) is 2.27. The fraction of sp³-hybridized carbons (Fsp3) is 0.562. The molecule has 0 saturated carbocycles. The smallest absolute Gasteiger partial charge is 0.222 e. The van der Waals surface area contributed by atoms with Gasteiger partial charge in [-0.15, -0.1) is 24.8 Å². The van der Waals surface area contributed by atoms with Crippen LogP contribution in [-0.4, -0.2) is 36.5 Å². The molecule has 22 heavy (non-hydrogen) atoms. The van der Waals surface area contributed by atoms with Crippen molar-refractivity contribution in [3.05, 3.63) is 35.9 Å². The Morgan fingerprint density at radius 3 is 2.23 bits per heavy atom. The van der Waals surface area contributed by atoms with Crippen LogP contribution >= 0.6 is 24.8 Å². The highest BCUT2D eigenvalue weighted by molar-refractivity contribution is 5.85. The van der Waals surface area contributed by atoms with E-state index in [9.17, 15) is 4.79 Å². The molecule has 3 N–H and O–H groups in total. The Balaban J connectivity index is 0. The molecule has 1 amide bonds. The zero-order valence-corrected chi connectivity index (χ0v) is 15.3. The van der Waals surface area contributed by atoms with E-state index in [1.165, 1.54) is 0 Å². The third-order valence-corrected chi connectivity index (χ3v) is 3.47. The first-order valence-corrected chi connectivity index (χ1v) is 7.39. The summed E-state index contributed by atoms with van der Waals surface area (Å²) in [4.78, 5) is 14.3. The number of halogens is 2. The van der Waals surface area contributed by atoms with Crippen molar-refractivity contribution >= 4 is 30.7 Å². The summed E-state index contributed by atoms with van der Waals surface area (Å²) < 4.78 is 0. The monoisotopic (exact) mass is 349 g/mol. The van der Waals surface area contributed by atoms with Crippen molar-refractivity contribution in [1.82, 2.24) is 10.2 Å². The molecular weight excluding hydrogens is 321 g/mol. The number of hydrogen-bond donors (Lipinski definition) is 2. The summed E-state index contributed by atoms with van der Waals surface area (Å²) in [5.41, 5.74) is 7.05. The Labute approximate surface area is 146 Å². The number of carbonyl (C=O) groups excluding carboxylic acids is 1. The number of hydrogen-bond acceptors (Lipinski definition) is 3. The Bertz CT molecular complexity index is 400. The molecule has 0 aliphatic carbocycles. The SMILES string of the molecule is CCN(CC)CC(C)NC(=O)CC(N)c1ccccc1.Cl.Cl. The molecule has 1 rings (SSSR count). The Kier molecular flexibility index (Phi) is 13.5.